The maximum absolute atomic E-state index is 11.8. The predicted molar refractivity (Wildman–Crippen MR) is 90.5 cm³/mol. The molecule has 0 atom stereocenters. The van der Waals surface area contributed by atoms with Gasteiger partial charge in [-0.1, -0.05) is 20.8 Å². The number of nitrogens with zero attached hydrogens (tertiary/aromatic N) is 1. The minimum Gasteiger partial charge on any atom is -0.356 e. The van der Waals surface area contributed by atoms with Crippen molar-refractivity contribution >= 4 is 11.8 Å². The first-order valence-electron chi connectivity index (χ1n) is 8.45. The van der Waals surface area contributed by atoms with Gasteiger partial charge >= 0.3 is 0 Å². The molecule has 0 aromatic carbocycles. The predicted octanol–water partition coefficient (Wildman–Crippen LogP) is 0.716. The van der Waals surface area contributed by atoms with Gasteiger partial charge in [-0.2, -0.15) is 0 Å². The fourth-order valence-electron chi connectivity index (χ4n) is 2.06. The Hall–Kier alpha value is -1.14. The highest BCUT2D eigenvalue weighted by atomic mass is 16.2. The molecule has 0 aromatic heterocycles. The number of carbonyl (C=O) groups excluding carboxylic acids is 2. The van der Waals surface area contributed by atoms with Gasteiger partial charge in [0, 0.05) is 45.6 Å². The molecule has 0 saturated carbocycles. The second-order valence-corrected chi connectivity index (χ2v) is 6.01. The summed E-state index contributed by atoms with van der Waals surface area (Å²) in [4.78, 5) is 25.5. The molecule has 130 valence electrons. The molecule has 0 unspecified atom stereocenters. The van der Waals surface area contributed by atoms with Crippen LogP contribution in [0.5, 0.6) is 0 Å². The van der Waals surface area contributed by atoms with Crippen molar-refractivity contribution in [3.05, 3.63) is 0 Å². The van der Waals surface area contributed by atoms with Gasteiger partial charge in [0.15, 0.2) is 0 Å². The second-order valence-electron chi connectivity index (χ2n) is 6.01. The number of rotatable bonds is 13. The van der Waals surface area contributed by atoms with Crippen LogP contribution in [0.1, 0.15) is 46.5 Å². The summed E-state index contributed by atoms with van der Waals surface area (Å²) in [6.45, 7) is 10.4. The highest BCUT2D eigenvalue weighted by Gasteiger charge is 2.10. The molecule has 0 aliphatic heterocycles. The van der Waals surface area contributed by atoms with Crippen LogP contribution < -0.4 is 16.4 Å². The number of nitrogens with one attached hydrogen (secondary N) is 2. The first-order chi connectivity index (χ1) is 10.5. The smallest absolute Gasteiger partial charge is 0.221 e. The Morgan fingerprint density at radius 3 is 2.00 bits per heavy atom. The minimum atomic E-state index is 0.0212. The molecule has 4 N–H and O–H groups in total. The van der Waals surface area contributed by atoms with E-state index in [1.54, 1.807) is 0 Å². The van der Waals surface area contributed by atoms with Crippen molar-refractivity contribution in [2.75, 3.05) is 39.3 Å². The van der Waals surface area contributed by atoms with Crippen molar-refractivity contribution in [1.29, 1.82) is 0 Å². The monoisotopic (exact) mass is 314 g/mol. The third-order valence-corrected chi connectivity index (χ3v) is 3.36. The lowest BCUT2D eigenvalue weighted by Crippen LogP contribution is -2.36. The molecule has 0 saturated heterocycles. The van der Waals surface area contributed by atoms with Crippen LogP contribution in [-0.4, -0.2) is 56.0 Å². The van der Waals surface area contributed by atoms with E-state index in [0.717, 1.165) is 25.9 Å². The molecule has 6 heteroatoms. The highest BCUT2D eigenvalue weighted by Crippen LogP contribution is 1.99. The molecule has 0 spiro atoms. The molecule has 0 bridgehead atoms. The summed E-state index contributed by atoms with van der Waals surface area (Å²) in [5, 5.41) is 5.71. The SMILES string of the molecule is CCCN(CCC(=O)NCCN)CCC(=O)NCCC(C)C. The number of carbonyl (C=O) groups is 2. The van der Waals surface area contributed by atoms with Crippen LogP contribution in [0.3, 0.4) is 0 Å². The maximum Gasteiger partial charge on any atom is 0.221 e. The van der Waals surface area contributed by atoms with E-state index in [1.165, 1.54) is 0 Å². The summed E-state index contributed by atoms with van der Waals surface area (Å²) in [6.07, 6.45) is 2.96. The van der Waals surface area contributed by atoms with E-state index in [4.69, 9.17) is 5.73 Å². The van der Waals surface area contributed by atoms with Gasteiger partial charge in [-0.25, -0.2) is 0 Å². The maximum atomic E-state index is 11.8. The molecule has 0 heterocycles. The topological polar surface area (TPSA) is 87.5 Å². The molecule has 22 heavy (non-hydrogen) atoms. The van der Waals surface area contributed by atoms with Gasteiger partial charge in [0.25, 0.3) is 0 Å². The van der Waals surface area contributed by atoms with Crippen molar-refractivity contribution in [2.45, 2.75) is 46.5 Å². The summed E-state index contributed by atoms with van der Waals surface area (Å²) in [5.74, 6) is 0.714. The molecule has 0 fully saturated rings. The van der Waals surface area contributed by atoms with Gasteiger partial charge < -0.3 is 21.3 Å². The van der Waals surface area contributed by atoms with Gasteiger partial charge in [-0.15, -0.1) is 0 Å². The Bertz CT molecular complexity index is 309. The summed E-state index contributed by atoms with van der Waals surface area (Å²) < 4.78 is 0. The molecule has 0 aliphatic carbocycles. The van der Waals surface area contributed by atoms with Crippen molar-refractivity contribution in [2.24, 2.45) is 11.7 Å². The van der Waals surface area contributed by atoms with Gasteiger partial charge in [0.2, 0.25) is 11.8 Å². The van der Waals surface area contributed by atoms with Crippen molar-refractivity contribution < 1.29 is 9.59 Å². The van der Waals surface area contributed by atoms with Gasteiger partial charge in [-0.3, -0.25) is 9.59 Å². The Kier molecular flexibility index (Phi) is 12.8. The number of hydrogen-bond donors (Lipinski definition) is 3. The first kappa shape index (κ1) is 20.9. The average Bonchev–Trinajstić information content (AvgIpc) is 2.47. The Morgan fingerprint density at radius 1 is 1.00 bits per heavy atom. The van der Waals surface area contributed by atoms with Crippen LogP contribution in [0, 0.1) is 5.92 Å². The largest absolute Gasteiger partial charge is 0.356 e. The van der Waals surface area contributed by atoms with E-state index in [-0.39, 0.29) is 11.8 Å². The lowest BCUT2D eigenvalue weighted by atomic mass is 10.1. The molecule has 0 aromatic rings. The Morgan fingerprint density at radius 2 is 1.55 bits per heavy atom. The quantitative estimate of drug-likeness (QED) is 0.467. The average molecular weight is 314 g/mol. The van der Waals surface area contributed by atoms with Crippen LogP contribution >= 0.6 is 0 Å². The van der Waals surface area contributed by atoms with Gasteiger partial charge in [0.1, 0.15) is 0 Å². The number of hydrogen-bond acceptors (Lipinski definition) is 4. The Labute approximate surface area is 135 Å². The van der Waals surface area contributed by atoms with E-state index in [1.807, 2.05) is 0 Å². The van der Waals surface area contributed by atoms with Crippen molar-refractivity contribution in [3.8, 4) is 0 Å². The molecule has 0 rings (SSSR count). The highest BCUT2D eigenvalue weighted by molar-refractivity contribution is 5.76. The zero-order chi connectivity index (χ0) is 16.8. The molecule has 0 aliphatic rings. The molecule has 6 nitrogen and oxygen atoms in total. The summed E-state index contributed by atoms with van der Waals surface area (Å²) in [5.41, 5.74) is 5.35. The Balaban J connectivity index is 3.92. The third-order valence-electron chi connectivity index (χ3n) is 3.36. The van der Waals surface area contributed by atoms with Crippen LogP contribution in [0.15, 0.2) is 0 Å². The lowest BCUT2D eigenvalue weighted by molar-refractivity contribution is -0.121. The lowest BCUT2D eigenvalue weighted by Gasteiger charge is -2.21. The molecule has 0 radical (unpaired) electrons. The van der Waals surface area contributed by atoms with E-state index < -0.39 is 0 Å². The standard InChI is InChI=1S/C16H34N4O2/c1-4-11-20(13-7-16(22)19-10-8-17)12-6-15(21)18-9-5-14(2)3/h14H,4-13,17H2,1-3H3,(H,18,21)(H,19,22). The molecular weight excluding hydrogens is 280 g/mol. The fraction of sp³-hybridized carbons (Fsp3) is 0.875. The zero-order valence-corrected chi connectivity index (χ0v) is 14.5. The first-order valence-corrected chi connectivity index (χ1v) is 8.45. The normalized spacial score (nSPS) is 11.0. The van der Waals surface area contributed by atoms with Crippen LogP contribution in [0.4, 0.5) is 0 Å². The zero-order valence-electron chi connectivity index (χ0n) is 14.5. The van der Waals surface area contributed by atoms with Gasteiger partial charge in [-0.05, 0) is 25.3 Å². The van der Waals surface area contributed by atoms with Gasteiger partial charge in [0.05, 0.1) is 0 Å². The third kappa shape index (κ3) is 12.6. The van der Waals surface area contributed by atoms with Crippen LogP contribution in [0.2, 0.25) is 0 Å². The van der Waals surface area contributed by atoms with Crippen LogP contribution in [0.25, 0.3) is 0 Å². The number of nitrogens with two attached hydrogens (primary N) is 1. The summed E-state index contributed by atoms with van der Waals surface area (Å²) in [6, 6.07) is 0. The molecular formula is C16H34N4O2. The summed E-state index contributed by atoms with van der Waals surface area (Å²) >= 11 is 0. The van der Waals surface area contributed by atoms with Crippen molar-refractivity contribution in [1.82, 2.24) is 15.5 Å². The summed E-state index contributed by atoms with van der Waals surface area (Å²) in [7, 11) is 0. The fourth-order valence-corrected chi connectivity index (χ4v) is 2.06. The second kappa shape index (κ2) is 13.5. The van der Waals surface area contributed by atoms with Crippen molar-refractivity contribution in [3.63, 3.8) is 0 Å². The molecule has 2 amide bonds. The van der Waals surface area contributed by atoms with E-state index >= 15 is 0 Å². The van der Waals surface area contributed by atoms with Crippen LogP contribution in [-0.2, 0) is 9.59 Å². The minimum absolute atomic E-state index is 0.0212. The number of amides is 2. The van der Waals surface area contributed by atoms with E-state index in [9.17, 15) is 9.59 Å². The van der Waals surface area contributed by atoms with E-state index in [2.05, 4.69) is 36.3 Å². The van der Waals surface area contributed by atoms with E-state index in [0.29, 0.717) is 44.9 Å².